The lowest BCUT2D eigenvalue weighted by molar-refractivity contribution is 1.12. The van der Waals surface area contributed by atoms with Crippen LogP contribution in [0.5, 0.6) is 0 Å². The first-order valence-electron chi connectivity index (χ1n) is 8.62. The van der Waals surface area contributed by atoms with Crippen LogP contribution in [0.25, 0.3) is 10.8 Å². The Bertz CT molecular complexity index is 821. The van der Waals surface area contributed by atoms with E-state index in [1.54, 1.807) is 0 Å². The molecule has 0 saturated heterocycles. The lowest BCUT2D eigenvalue weighted by Gasteiger charge is -2.10. The van der Waals surface area contributed by atoms with Gasteiger partial charge in [-0.2, -0.15) is 23.5 Å². The van der Waals surface area contributed by atoms with Gasteiger partial charge in [0, 0.05) is 11.5 Å². The zero-order chi connectivity index (χ0) is 16.2. The molecule has 0 amide bonds. The van der Waals surface area contributed by atoms with Gasteiger partial charge < -0.3 is 0 Å². The zero-order valence-corrected chi connectivity index (χ0v) is 15.5. The molecule has 4 bridgehead atoms. The van der Waals surface area contributed by atoms with Crippen LogP contribution in [0.15, 0.2) is 60.7 Å². The van der Waals surface area contributed by atoms with E-state index in [0.717, 1.165) is 24.3 Å². The van der Waals surface area contributed by atoms with E-state index in [9.17, 15) is 0 Å². The summed E-state index contributed by atoms with van der Waals surface area (Å²) >= 11 is 4.09. The van der Waals surface area contributed by atoms with Crippen molar-refractivity contribution in [1.82, 2.24) is 0 Å². The molecule has 0 aromatic heterocycles. The first-order valence-corrected chi connectivity index (χ1v) is 10.9. The third kappa shape index (κ3) is 3.81. The van der Waals surface area contributed by atoms with Crippen LogP contribution in [0, 0.1) is 0 Å². The first-order chi connectivity index (χ1) is 11.9. The smallest absolute Gasteiger partial charge is 0.0184 e. The Morgan fingerprint density at radius 1 is 0.625 bits per heavy atom. The van der Waals surface area contributed by atoms with E-state index in [4.69, 9.17) is 0 Å². The summed E-state index contributed by atoms with van der Waals surface area (Å²) in [4.78, 5) is 0. The van der Waals surface area contributed by atoms with Gasteiger partial charge in [0.2, 0.25) is 0 Å². The Balaban J connectivity index is 1.63. The number of fused-ring (bicyclic) bond motifs is 9. The lowest BCUT2D eigenvalue weighted by atomic mass is 9.98. The van der Waals surface area contributed by atoms with Crippen LogP contribution < -0.4 is 0 Å². The van der Waals surface area contributed by atoms with Crippen molar-refractivity contribution in [3.05, 3.63) is 82.9 Å². The summed E-state index contributed by atoms with van der Waals surface area (Å²) < 4.78 is 0. The predicted molar refractivity (Wildman–Crippen MR) is 110 cm³/mol. The summed E-state index contributed by atoms with van der Waals surface area (Å²) in [5.41, 5.74) is 5.90. The van der Waals surface area contributed by atoms with Crippen LogP contribution in [0.3, 0.4) is 0 Å². The number of hydrogen-bond donors (Lipinski definition) is 0. The molecule has 2 aliphatic heterocycles. The first kappa shape index (κ1) is 16.1. The molecule has 0 atom stereocenters. The molecule has 0 spiro atoms. The molecule has 0 aliphatic carbocycles. The van der Waals surface area contributed by atoms with Gasteiger partial charge in [-0.05, 0) is 57.4 Å². The van der Waals surface area contributed by atoms with E-state index in [2.05, 4.69) is 60.7 Å². The third-order valence-electron chi connectivity index (χ3n) is 4.62. The van der Waals surface area contributed by atoms with Crippen molar-refractivity contribution in [2.45, 2.75) is 24.3 Å². The predicted octanol–water partition coefficient (Wildman–Crippen LogP) is 6.11. The number of hydrogen-bond acceptors (Lipinski definition) is 2. The Morgan fingerprint density at radius 2 is 1.29 bits per heavy atom. The zero-order valence-electron chi connectivity index (χ0n) is 13.8. The molecule has 0 saturated carbocycles. The molecule has 0 N–H and O–H groups in total. The largest absolute Gasteiger partial charge is 0.157 e. The highest BCUT2D eigenvalue weighted by atomic mass is 32.2. The molecule has 2 heteroatoms. The van der Waals surface area contributed by atoms with E-state index < -0.39 is 0 Å². The summed E-state index contributed by atoms with van der Waals surface area (Å²) in [6.45, 7) is 0. The second kappa shape index (κ2) is 7.67. The van der Waals surface area contributed by atoms with Crippen LogP contribution >= 0.6 is 23.5 Å². The molecular weight excluding hydrogens is 328 g/mol. The maximum atomic E-state index is 2.45. The van der Waals surface area contributed by atoms with Gasteiger partial charge in [0.05, 0.1) is 0 Å². The van der Waals surface area contributed by atoms with Crippen molar-refractivity contribution in [2.75, 3.05) is 11.5 Å². The number of thioether (sulfide) groups is 2. The minimum Gasteiger partial charge on any atom is -0.157 e. The van der Waals surface area contributed by atoms with Crippen LogP contribution in [0.2, 0.25) is 0 Å². The molecule has 2 heterocycles. The second-order valence-corrected chi connectivity index (χ2v) is 8.61. The fourth-order valence-electron chi connectivity index (χ4n) is 3.29. The van der Waals surface area contributed by atoms with Crippen LogP contribution in [-0.4, -0.2) is 11.5 Å². The van der Waals surface area contributed by atoms with Crippen molar-refractivity contribution < 1.29 is 0 Å². The highest BCUT2D eigenvalue weighted by Gasteiger charge is 2.06. The van der Waals surface area contributed by atoms with Gasteiger partial charge in [0.25, 0.3) is 0 Å². The average Bonchev–Trinajstić information content (AvgIpc) is 2.63. The van der Waals surface area contributed by atoms with E-state index in [-0.39, 0.29) is 0 Å². The summed E-state index contributed by atoms with van der Waals surface area (Å²) in [7, 11) is 0. The summed E-state index contributed by atoms with van der Waals surface area (Å²) in [5.74, 6) is 4.61. The quantitative estimate of drug-likeness (QED) is 0.480. The van der Waals surface area contributed by atoms with Crippen molar-refractivity contribution in [3.8, 4) is 0 Å². The van der Waals surface area contributed by atoms with Gasteiger partial charge in [-0.15, -0.1) is 0 Å². The molecule has 3 aromatic rings. The van der Waals surface area contributed by atoms with Crippen molar-refractivity contribution in [3.63, 3.8) is 0 Å². The molecule has 3 aromatic carbocycles. The minimum atomic E-state index is 1.12. The van der Waals surface area contributed by atoms with Crippen LogP contribution in [0.1, 0.15) is 22.3 Å². The van der Waals surface area contributed by atoms with Gasteiger partial charge in [0.15, 0.2) is 0 Å². The van der Waals surface area contributed by atoms with E-state index in [0.29, 0.717) is 0 Å². The summed E-state index contributed by atoms with van der Waals surface area (Å²) in [6, 6.07) is 22.9. The third-order valence-corrected chi connectivity index (χ3v) is 6.68. The fourth-order valence-corrected chi connectivity index (χ4v) is 5.18. The lowest BCUT2D eigenvalue weighted by Crippen LogP contribution is -1.96. The number of aryl methyl sites for hydroxylation is 2. The van der Waals surface area contributed by atoms with E-state index >= 15 is 0 Å². The van der Waals surface area contributed by atoms with Gasteiger partial charge >= 0.3 is 0 Å². The van der Waals surface area contributed by atoms with Crippen molar-refractivity contribution in [2.24, 2.45) is 0 Å². The highest BCUT2D eigenvalue weighted by Crippen LogP contribution is 2.25. The van der Waals surface area contributed by atoms with Gasteiger partial charge in [0.1, 0.15) is 0 Å². The second-order valence-electron chi connectivity index (χ2n) is 6.40. The average molecular weight is 351 g/mol. The summed E-state index contributed by atoms with van der Waals surface area (Å²) in [6.07, 6.45) is 2.32. The Morgan fingerprint density at radius 3 is 2.04 bits per heavy atom. The number of benzene rings is 3. The van der Waals surface area contributed by atoms with Gasteiger partial charge in [-0.3, -0.25) is 0 Å². The molecule has 5 rings (SSSR count). The monoisotopic (exact) mass is 350 g/mol. The highest BCUT2D eigenvalue weighted by molar-refractivity contribution is 7.98. The van der Waals surface area contributed by atoms with E-state index in [1.807, 2.05) is 23.5 Å². The van der Waals surface area contributed by atoms with Gasteiger partial charge in [-0.1, -0.05) is 60.7 Å². The molecule has 0 unspecified atom stereocenters. The Kier molecular flexibility index (Phi) is 5.15. The molecule has 0 nitrogen and oxygen atoms in total. The van der Waals surface area contributed by atoms with Crippen LogP contribution in [0.4, 0.5) is 0 Å². The van der Waals surface area contributed by atoms with Gasteiger partial charge in [-0.25, -0.2) is 0 Å². The molecule has 2 aliphatic rings. The standard InChI is InChI=1S/C22H22S2/c1-2-4-22-20(3-1)13-19-9-11-23-15-17-5-7-18(8-6-17)16-24-12-10-21(22)14-19/h1-8,13-14H,9-12,15-16H2. The Labute approximate surface area is 153 Å². The van der Waals surface area contributed by atoms with Crippen LogP contribution in [-0.2, 0) is 24.3 Å². The molecule has 24 heavy (non-hydrogen) atoms. The van der Waals surface area contributed by atoms with Crippen molar-refractivity contribution >= 4 is 34.3 Å². The van der Waals surface area contributed by atoms with Crippen molar-refractivity contribution in [1.29, 1.82) is 0 Å². The fraction of sp³-hybridized carbons (Fsp3) is 0.273. The normalized spacial score (nSPS) is 15.8. The minimum absolute atomic E-state index is 1.12. The topological polar surface area (TPSA) is 0 Å². The maximum Gasteiger partial charge on any atom is 0.0184 e. The Hall–Kier alpha value is -1.38. The molecular formula is C22H22S2. The molecule has 122 valence electrons. The number of rotatable bonds is 0. The SMILES string of the molecule is c1ccc2c3cc(cc2c1)CCSCc1ccc(cc1)CSCC3. The van der Waals surface area contributed by atoms with E-state index in [1.165, 1.54) is 44.5 Å². The molecule has 0 fully saturated rings. The summed E-state index contributed by atoms with van der Waals surface area (Å²) in [5, 5.41) is 2.83. The maximum absolute atomic E-state index is 2.45. The molecule has 0 radical (unpaired) electrons.